The topological polar surface area (TPSA) is 63.7 Å². The molecule has 4 rings (SSSR count). The highest BCUT2D eigenvalue weighted by molar-refractivity contribution is 6.22. The highest BCUT2D eigenvalue weighted by Gasteiger charge is 2.55. The van der Waals surface area contributed by atoms with E-state index in [9.17, 15) is 14.4 Å². The Morgan fingerprint density at radius 1 is 1.07 bits per heavy atom. The normalized spacial score (nSPS) is 24.5. The SMILES string of the molecule is CCC(C)C(=O)OC1c2ccccc2CC2C(=O)N(c3ccccc3)C(=O)C21. The fourth-order valence-electron chi connectivity index (χ4n) is 4.11. The molecule has 0 N–H and O–H groups in total. The number of benzene rings is 2. The van der Waals surface area contributed by atoms with Crippen molar-refractivity contribution in [2.75, 3.05) is 4.90 Å². The van der Waals surface area contributed by atoms with Crippen LogP contribution in [-0.2, 0) is 25.5 Å². The van der Waals surface area contributed by atoms with Gasteiger partial charge in [0, 0.05) is 0 Å². The molecule has 1 aliphatic carbocycles. The first-order valence-electron chi connectivity index (χ1n) is 9.74. The number of nitrogens with zero attached hydrogens (tertiary/aromatic N) is 1. The first-order chi connectivity index (χ1) is 13.5. The smallest absolute Gasteiger partial charge is 0.309 e. The van der Waals surface area contributed by atoms with E-state index >= 15 is 0 Å². The minimum absolute atomic E-state index is 0.222. The van der Waals surface area contributed by atoms with E-state index in [1.807, 2.05) is 44.2 Å². The van der Waals surface area contributed by atoms with Gasteiger partial charge in [-0.2, -0.15) is 0 Å². The second-order valence-electron chi connectivity index (χ2n) is 7.55. The zero-order valence-electron chi connectivity index (χ0n) is 16.0. The van der Waals surface area contributed by atoms with E-state index in [1.165, 1.54) is 4.90 Å². The maximum Gasteiger partial charge on any atom is 0.309 e. The molecule has 5 nitrogen and oxygen atoms in total. The number of anilines is 1. The van der Waals surface area contributed by atoms with Gasteiger partial charge in [0.2, 0.25) is 11.8 Å². The third-order valence-corrected chi connectivity index (χ3v) is 5.88. The van der Waals surface area contributed by atoms with Crippen LogP contribution >= 0.6 is 0 Å². The lowest BCUT2D eigenvalue weighted by atomic mass is 9.75. The number of fused-ring (bicyclic) bond motifs is 2. The van der Waals surface area contributed by atoms with Crippen LogP contribution in [0.5, 0.6) is 0 Å². The lowest BCUT2D eigenvalue weighted by Gasteiger charge is -2.33. The Bertz CT molecular complexity index is 923. The Morgan fingerprint density at radius 2 is 1.75 bits per heavy atom. The van der Waals surface area contributed by atoms with Gasteiger partial charge in [0.25, 0.3) is 0 Å². The summed E-state index contributed by atoms with van der Waals surface area (Å²) in [6.45, 7) is 3.73. The number of hydrogen-bond donors (Lipinski definition) is 0. The minimum atomic E-state index is -0.735. The van der Waals surface area contributed by atoms with Gasteiger partial charge >= 0.3 is 5.97 Å². The largest absolute Gasteiger partial charge is 0.456 e. The predicted molar refractivity (Wildman–Crippen MR) is 104 cm³/mol. The Labute approximate surface area is 164 Å². The number of para-hydroxylation sites is 1. The molecule has 2 amide bonds. The van der Waals surface area contributed by atoms with Crippen LogP contribution in [0.25, 0.3) is 0 Å². The van der Waals surface area contributed by atoms with Crippen molar-refractivity contribution in [3.63, 3.8) is 0 Å². The number of carbonyl (C=O) groups excluding carboxylic acids is 3. The zero-order chi connectivity index (χ0) is 19.8. The van der Waals surface area contributed by atoms with Crippen molar-refractivity contribution >= 4 is 23.5 Å². The molecule has 1 fully saturated rings. The first kappa shape index (κ1) is 18.4. The van der Waals surface area contributed by atoms with Gasteiger partial charge in [-0.25, -0.2) is 4.90 Å². The van der Waals surface area contributed by atoms with Gasteiger partial charge in [-0.3, -0.25) is 14.4 Å². The number of hydrogen-bond acceptors (Lipinski definition) is 4. The molecule has 2 aromatic rings. The van der Waals surface area contributed by atoms with Crippen LogP contribution in [0.2, 0.25) is 0 Å². The van der Waals surface area contributed by atoms with Crippen LogP contribution in [0, 0.1) is 17.8 Å². The number of carbonyl (C=O) groups is 3. The molecule has 2 aliphatic rings. The van der Waals surface area contributed by atoms with Crippen molar-refractivity contribution in [3.05, 3.63) is 65.7 Å². The zero-order valence-corrected chi connectivity index (χ0v) is 16.0. The fraction of sp³-hybridized carbons (Fsp3) is 0.348. The lowest BCUT2D eigenvalue weighted by molar-refractivity contribution is -0.160. The highest BCUT2D eigenvalue weighted by atomic mass is 16.5. The van der Waals surface area contributed by atoms with Gasteiger partial charge in [0.05, 0.1) is 23.4 Å². The van der Waals surface area contributed by atoms with Gasteiger partial charge in [0.1, 0.15) is 6.10 Å². The van der Waals surface area contributed by atoms with Gasteiger partial charge < -0.3 is 4.74 Å². The van der Waals surface area contributed by atoms with E-state index in [0.29, 0.717) is 18.5 Å². The Morgan fingerprint density at radius 3 is 2.46 bits per heavy atom. The van der Waals surface area contributed by atoms with Gasteiger partial charge in [-0.1, -0.05) is 56.3 Å². The summed E-state index contributed by atoms with van der Waals surface area (Å²) in [6, 6.07) is 16.6. The Balaban J connectivity index is 1.75. The molecule has 0 saturated carbocycles. The average Bonchev–Trinajstić information content (AvgIpc) is 2.97. The summed E-state index contributed by atoms with van der Waals surface area (Å²) in [5.74, 6) is -2.31. The molecule has 2 aromatic carbocycles. The molecule has 0 aromatic heterocycles. The van der Waals surface area contributed by atoms with E-state index in [-0.39, 0.29) is 23.7 Å². The predicted octanol–water partition coefficient (Wildman–Crippen LogP) is 3.68. The third-order valence-electron chi connectivity index (χ3n) is 5.88. The molecule has 5 heteroatoms. The second-order valence-corrected chi connectivity index (χ2v) is 7.55. The molecule has 4 atom stereocenters. The molecule has 1 heterocycles. The summed E-state index contributed by atoms with van der Waals surface area (Å²) in [5, 5.41) is 0. The number of imide groups is 1. The number of ether oxygens (including phenoxy) is 1. The summed E-state index contributed by atoms with van der Waals surface area (Å²) < 4.78 is 5.85. The van der Waals surface area contributed by atoms with Crippen LogP contribution in [0.3, 0.4) is 0 Å². The van der Waals surface area contributed by atoms with Crippen molar-refractivity contribution in [2.45, 2.75) is 32.8 Å². The van der Waals surface area contributed by atoms with Crippen LogP contribution in [0.1, 0.15) is 37.5 Å². The van der Waals surface area contributed by atoms with Crippen molar-refractivity contribution in [1.82, 2.24) is 0 Å². The maximum atomic E-state index is 13.3. The number of rotatable bonds is 4. The van der Waals surface area contributed by atoms with Crippen molar-refractivity contribution in [2.24, 2.45) is 17.8 Å². The van der Waals surface area contributed by atoms with Crippen molar-refractivity contribution < 1.29 is 19.1 Å². The molecule has 0 bridgehead atoms. The lowest BCUT2D eigenvalue weighted by Crippen LogP contribution is -2.35. The quantitative estimate of drug-likeness (QED) is 0.602. The van der Waals surface area contributed by atoms with Crippen LogP contribution in [-0.4, -0.2) is 17.8 Å². The fourth-order valence-corrected chi connectivity index (χ4v) is 4.11. The maximum absolute atomic E-state index is 13.3. The summed E-state index contributed by atoms with van der Waals surface area (Å²) >= 11 is 0. The number of amides is 2. The van der Waals surface area contributed by atoms with Crippen LogP contribution in [0.15, 0.2) is 54.6 Å². The van der Waals surface area contributed by atoms with Crippen LogP contribution in [0.4, 0.5) is 5.69 Å². The molecule has 0 spiro atoms. The van der Waals surface area contributed by atoms with Gasteiger partial charge in [-0.05, 0) is 36.1 Å². The van der Waals surface area contributed by atoms with Crippen molar-refractivity contribution in [1.29, 1.82) is 0 Å². The summed E-state index contributed by atoms with van der Waals surface area (Å²) in [6.07, 6.45) is 0.401. The number of esters is 1. The molecule has 0 radical (unpaired) electrons. The second kappa shape index (κ2) is 7.23. The molecule has 1 saturated heterocycles. The molecule has 4 unspecified atom stereocenters. The van der Waals surface area contributed by atoms with Gasteiger partial charge in [0.15, 0.2) is 0 Å². The van der Waals surface area contributed by atoms with E-state index in [4.69, 9.17) is 4.74 Å². The Kier molecular flexibility index (Phi) is 4.75. The van der Waals surface area contributed by atoms with Crippen molar-refractivity contribution in [3.8, 4) is 0 Å². The molecule has 1 aliphatic heterocycles. The van der Waals surface area contributed by atoms with E-state index in [2.05, 4.69) is 0 Å². The first-order valence-corrected chi connectivity index (χ1v) is 9.74. The standard InChI is InChI=1S/C23H23NO4/c1-3-14(2)23(27)28-20-17-12-8-7-9-15(17)13-18-19(20)22(26)24(21(18)25)16-10-5-4-6-11-16/h4-12,14,18-20H,3,13H2,1-2H3. The Hall–Kier alpha value is -2.95. The van der Waals surface area contributed by atoms with E-state index in [0.717, 1.165) is 11.1 Å². The van der Waals surface area contributed by atoms with Gasteiger partial charge in [-0.15, -0.1) is 0 Å². The molecule has 28 heavy (non-hydrogen) atoms. The van der Waals surface area contributed by atoms with E-state index in [1.54, 1.807) is 24.3 Å². The highest BCUT2D eigenvalue weighted by Crippen LogP contribution is 2.47. The molecular weight excluding hydrogens is 354 g/mol. The summed E-state index contributed by atoms with van der Waals surface area (Å²) in [4.78, 5) is 40.3. The monoisotopic (exact) mass is 377 g/mol. The van der Waals surface area contributed by atoms with E-state index < -0.39 is 17.9 Å². The summed E-state index contributed by atoms with van der Waals surface area (Å²) in [7, 11) is 0. The molecule has 144 valence electrons. The minimum Gasteiger partial charge on any atom is -0.456 e. The molecular formula is C23H23NO4. The third kappa shape index (κ3) is 2.91. The van der Waals surface area contributed by atoms with Crippen LogP contribution < -0.4 is 4.90 Å². The average molecular weight is 377 g/mol. The summed E-state index contributed by atoms with van der Waals surface area (Å²) in [5.41, 5.74) is 2.35.